The minimum Gasteiger partial charge on any atom is -0.386 e. The number of nitrogens with one attached hydrogen (secondary N) is 2. The van der Waals surface area contributed by atoms with Crippen LogP contribution in [0, 0.1) is 0 Å². The van der Waals surface area contributed by atoms with Gasteiger partial charge in [-0.15, -0.1) is 0 Å². The molecule has 0 radical (unpaired) electrons. The lowest BCUT2D eigenvalue weighted by Crippen LogP contribution is -2.16. The predicted octanol–water partition coefficient (Wildman–Crippen LogP) is 3.62. The van der Waals surface area contributed by atoms with Gasteiger partial charge in [0.1, 0.15) is 0 Å². The Morgan fingerprint density at radius 2 is 2.06 bits per heavy atom. The molecule has 2 rings (SSSR count). The third-order valence-electron chi connectivity index (χ3n) is 3.10. The van der Waals surface area contributed by atoms with Crippen LogP contribution in [0.5, 0.6) is 0 Å². The van der Waals surface area contributed by atoms with Crippen molar-refractivity contribution in [1.82, 2.24) is 10.6 Å². The zero-order chi connectivity index (χ0) is 12.8. The molecule has 0 bridgehead atoms. The molecule has 1 fully saturated rings. The highest BCUT2D eigenvalue weighted by Gasteiger charge is 2.21. The van der Waals surface area contributed by atoms with E-state index in [0.717, 1.165) is 24.1 Å². The summed E-state index contributed by atoms with van der Waals surface area (Å²) < 4.78 is 13.2. The summed E-state index contributed by atoms with van der Waals surface area (Å²) in [6.45, 7) is 8.24. The first-order valence-electron chi connectivity index (χ1n) is 6.78. The first-order valence-corrected chi connectivity index (χ1v) is 6.78. The molecule has 2 unspecified atom stereocenters. The molecule has 2 nitrogen and oxygen atoms in total. The highest BCUT2D eigenvalue weighted by atomic mass is 19.1. The molecule has 1 saturated heterocycles. The molecular weight excluding hydrogens is 215 g/mol. The zero-order valence-electron chi connectivity index (χ0n) is 11.4. The van der Waals surface area contributed by atoms with E-state index in [4.69, 9.17) is 0 Å². The van der Waals surface area contributed by atoms with E-state index < -0.39 is 6.30 Å². The number of alkyl halides is 1. The number of hydrogen-bond donors (Lipinski definition) is 2. The van der Waals surface area contributed by atoms with E-state index in [1.165, 1.54) is 12.1 Å². The van der Waals surface area contributed by atoms with Gasteiger partial charge in [-0.05, 0) is 37.8 Å². The first kappa shape index (κ1) is 14.1. The van der Waals surface area contributed by atoms with Gasteiger partial charge in [0.05, 0.1) is 0 Å². The fourth-order valence-electron chi connectivity index (χ4n) is 2.28. The predicted molar refractivity (Wildman–Crippen MR) is 71.2 cm³/mol. The second-order valence-electron chi connectivity index (χ2n) is 4.43. The quantitative estimate of drug-likeness (QED) is 0.720. The van der Waals surface area contributed by atoms with Crippen LogP contribution < -0.4 is 10.6 Å². The maximum Gasteiger partial charge on any atom is 0.174 e. The monoisotopic (exact) mass is 240 g/mol. The summed E-state index contributed by atoms with van der Waals surface area (Å²) in [4.78, 5) is 0. The van der Waals surface area contributed by atoms with Crippen LogP contribution in [0.1, 0.15) is 53.4 Å². The maximum absolute atomic E-state index is 13.2. The highest BCUT2D eigenvalue weighted by Crippen LogP contribution is 2.26. The molecule has 0 spiro atoms. The van der Waals surface area contributed by atoms with Gasteiger partial charge in [0.15, 0.2) is 6.30 Å². The molecule has 0 aromatic carbocycles. The van der Waals surface area contributed by atoms with E-state index in [2.05, 4.69) is 30.6 Å². The van der Waals surface area contributed by atoms with Gasteiger partial charge in [-0.25, -0.2) is 4.39 Å². The molecule has 0 aromatic heterocycles. The van der Waals surface area contributed by atoms with Gasteiger partial charge in [0.2, 0.25) is 0 Å². The summed E-state index contributed by atoms with van der Waals surface area (Å²) >= 11 is 0. The highest BCUT2D eigenvalue weighted by molar-refractivity contribution is 5.32. The Morgan fingerprint density at radius 3 is 2.59 bits per heavy atom. The van der Waals surface area contributed by atoms with Crippen LogP contribution in [-0.4, -0.2) is 12.3 Å². The van der Waals surface area contributed by atoms with E-state index in [-0.39, 0.29) is 0 Å². The van der Waals surface area contributed by atoms with E-state index >= 15 is 0 Å². The summed E-state index contributed by atoms with van der Waals surface area (Å²) in [5.74, 6) is 0. The van der Waals surface area contributed by atoms with Crippen LogP contribution >= 0.6 is 0 Å². The van der Waals surface area contributed by atoms with Crippen molar-refractivity contribution in [3.8, 4) is 0 Å². The fourth-order valence-corrected chi connectivity index (χ4v) is 2.28. The summed E-state index contributed by atoms with van der Waals surface area (Å²) in [5.41, 5.74) is 3.47. The Bertz CT molecular complexity index is 307. The van der Waals surface area contributed by atoms with Crippen molar-refractivity contribution in [3.63, 3.8) is 0 Å². The molecule has 0 aliphatic carbocycles. The minimum atomic E-state index is -0.884. The third kappa shape index (κ3) is 3.76. The molecule has 2 aliphatic heterocycles. The average Bonchev–Trinajstić information content (AvgIpc) is 2.88. The van der Waals surface area contributed by atoms with Crippen molar-refractivity contribution in [2.24, 2.45) is 0 Å². The lowest BCUT2D eigenvalue weighted by molar-refractivity contribution is 0.312. The molecule has 17 heavy (non-hydrogen) atoms. The van der Waals surface area contributed by atoms with Crippen molar-refractivity contribution in [1.29, 1.82) is 0 Å². The van der Waals surface area contributed by atoms with Gasteiger partial charge >= 0.3 is 0 Å². The van der Waals surface area contributed by atoms with Crippen molar-refractivity contribution in [2.45, 2.75) is 65.7 Å². The van der Waals surface area contributed by atoms with Gasteiger partial charge in [-0.1, -0.05) is 20.8 Å². The first-order chi connectivity index (χ1) is 8.19. The molecular formula is C14H25FN2. The molecule has 2 aliphatic rings. The molecule has 2 atom stereocenters. The second kappa shape index (κ2) is 6.67. The van der Waals surface area contributed by atoms with Crippen molar-refractivity contribution >= 4 is 0 Å². The number of allylic oxidation sites excluding steroid dienone is 3. The molecule has 2 heterocycles. The van der Waals surface area contributed by atoms with Crippen LogP contribution in [0.25, 0.3) is 0 Å². The Morgan fingerprint density at radius 1 is 1.35 bits per heavy atom. The van der Waals surface area contributed by atoms with Crippen LogP contribution in [0.3, 0.4) is 0 Å². The van der Waals surface area contributed by atoms with E-state index in [9.17, 15) is 4.39 Å². The summed E-state index contributed by atoms with van der Waals surface area (Å²) in [7, 11) is 0. The molecule has 98 valence electrons. The maximum atomic E-state index is 13.2. The van der Waals surface area contributed by atoms with E-state index in [1.807, 2.05) is 13.8 Å². The lowest BCUT2D eigenvalue weighted by Gasteiger charge is -2.04. The van der Waals surface area contributed by atoms with E-state index in [1.54, 1.807) is 0 Å². The SMILES string of the molecule is CC.CCC1=C(/C=C2\CCC(C)N2)CC(F)N1. The van der Waals surface area contributed by atoms with Gasteiger partial charge in [0, 0.05) is 23.9 Å². The average molecular weight is 240 g/mol. The number of hydrogen-bond acceptors (Lipinski definition) is 2. The fraction of sp³-hybridized carbons (Fsp3) is 0.714. The lowest BCUT2D eigenvalue weighted by atomic mass is 10.1. The minimum absolute atomic E-state index is 0.517. The molecule has 0 aromatic rings. The van der Waals surface area contributed by atoms with Crippen LogP contribution in [0.15, 0.2) is 23.0 Å². The van der Waals surface area contributed by atoms with Crippen molar-refractivity contribution in [2.75, 3.05) is 0 Å². The normalized spacial score (nSPS) is 29.8. The van der Waals surface area contributed by atoms with Crippen LogP contribution in [0.2, 0.25) is 0 Å². The largest absolute Gasteiger partial charge is 0.386 e. The van der Waals surface area contributed by atoms with Crippen molar-refractivity contribution in [3.05, 3.63) is 23.0 Å². The summed E-state index contributed by atoms with van der Waals surface area (Å²) in [5, 5.41) is 6.30. The number of halogens is 1. The number of rotatable bonds is 2. The topological polar surface area (TPSA) is 24.1 Å². The van der Waals surface area contributed by atoms with Gasteiger partial charge in [-0.3, -0.25) is 0 Å². The van der Waals surface area contributed by atoms with Crippen LogP contribution in [0.4, 0.5) is 4.39 Å². The summed E-state index contributed by atoms with van der Waals surface area (Å²) in [6.07, 6.45) is 4.93. The molecule has 0 amide bonds. The molecule has 3 heteroatoms. The molecule has 0 saturated carbocycles. The Balaban J connectivity index is 0.000000686. The van der Waals surface area contributed by atoms with Gasteiger partial charge in [-0.2, -0.15) is 0 Å². The second-order valence-corrected chi connectivity index (χ2v) is 4.43. The van der Waals surface area contributed by atoms with Crippen LogP contribution in [-0.2, 0) is 0 Å². The smallest absolute Gasteiger partial charge is 0.174 e. The zero-order valence-corrected chi connectivity index (χ0v) is 11.4. The van der Waals surface area contributed by atoms with Crippen molar-refractivity contribution < 1.29 is 4.39 Å². The third-order valence-corrected chi connectivity index (χ3v) is 3.10. The Labute approximate surface area is 104 Å². The van der Waals surface area contributed by atoms with Gasteiger partial charge in [0.25, 0.3) is 0 Å². The molecule has 2 N–H and O–H groups in total. The van der Waals surface area contributed by atoms with Gasteiger partial charge < -0.3 is 10.6 Å². The standard InChI is InChI=1S/C12H19FN2.C2H6/c1-3-11-9(7-12(13)15-11)6-10-5-4-8(2)14-10;1-2/h6,8,12,14-15H,3-5,7H2,1-2H3;1-2H3/b10-6+;. The Kier molecular flexibility index (Phi) is 5.52. The Hall–Kier alpha value is -0.990. The van der Waals surface area contributed by atoms with E-state index in [0.29, 0.717) is 12.5 Å². The summed E-state index contributed by atoms with van der Waals surface area (Å²) in [6, 6.07) is 0.567.